The van der Waals surface area contributed by atoms with Crippen molar-refractivity contribution in [2.45, 2.75) is 12.2 Å². The van der Waals surface area contributed by atoms with Crippen LogP contribution in [0.4, 0.5) is 34.8 Å². The molecule has 2 N–H and O–H groups in total. The summed E-state index contributed by atoms with van der Waals surface area (Å²) >= 11 is 0. The van der Waals surface area contributed by atoms with E-state index in [1.54, 1.807) is 18.2 Å². The van der Waals surface area contributed by atoms with Crippen LogP contribution in [-0.4, -0.2) is 71.3 Å². The van der Waals surface area contributed by atoms with E-state index in [9.17, 15) is 17.6 Å². The summed E-state index contributed by atoms with van der Waals surface area (Å²) in [5.74, 6) is 0.425. The monoisotopic (exact) mass is 528 g/mol. The molecule has 5 rings (SSSR count). The Balaban J connectivity index is 1.13. The van der Waals surface area contributed by atoms with Crippen molar-refractivity contribution < 1.29 is 22.3 Å². The number of alkyl halides is 3. The molecule has 0 amide bonds. The maximum atomic E-state index is 14.2. The van der Waals surface area contributed by atoms with Gasteiger partial charge in [0, 0.05) is 31.9 Å². The molecule has 198 valence electrons. The number of hydrogen-bond acceptors (Lipinski definition) is 9. The molecule has 2 aromatic heterocycles. The third kappa shape index (κ3) is 6.66. The van der Waals surface area contributed by atoms with Crippen molar-refractivity contribution in [2.24, 2.45) is 9.98 Å². The van der Waals surface area contributed by atoms with Gasteiger partial charge in [0.2, 0.25) is 0 Å². The van der Waals surface area contributed by atoms with E-state index in [1.807, 2.05) is 0 Å². The molecular formula is C25H24F4N8O. The summed E-state index contributed by atoms with van der Waals surface area (Å²) in [6.45, 7) is 4.38. The molecule has 9 nitrogen and oxygen atoms in total. The van der Waals surface area contributed by atoms with Crippen LogP contribution in [0.2, 0.25) is 0 Å². The molecule has 1 atom stereocenters. The zero-order chi connectivity index (χ0) is 26.5. The highest BCUT2D eigenvalue weighted by atomic mass is 19.4. The van der Waals surface area contributed by atoms with Crippen LogP contribution in [0.1, 0.15) is 23.1 Å². The highest BCUT2D eigenvalue weighted by Crippen LogP contribution is 2.32. The molecule has 0 radical (unpaired) electrons. The molecule has 1 aromatic carbocycles. The van der Waals surface area contributed by atoms with Gasteiger partial charge in [0.25, 0.3) is 0 Å². The fourth-order valence-electron chi connectivity index (χ4n) is 3.79. The number of aliphatic imine (C=N–C) groups is 2. The van der Waals surface area contributed by atoms with E-state index in [0.29, 0.717) is 48.5 Å². The highest BCUT2D eigenvalue weighted by Gasteiger charge is 2.33. The Kier molecular flexibility index (Phi) is 7.56. The van der Waals surface area contributed by atoms with Gasteiger partial charge in [0.15, 0.2) is 29.3 Å². The second kappa shape index (κ2) is 11.2. The van der Waals surface area contributed by atoms with Gasteiger partial charge < -0.3 is 15.4 Å². The lowest BCUT2D eigenvalue weighted by atomic mass is 10.2. The third-order valence-corrected chi connectivity index (χ3v) is 5.86. The molecule has 2 aliphatic rings. The largest absolute Gasteiger partial charge is 0.416 e. The molecule has 0 spiro atoms. The van der Waals surface area contributed by atoms with Gasteiger partial charge in [0.05, 0.1) is 48.8 Å². The number of amidine groups is 1. The van der Waals surface area contributed by atoms with Crippen molar-refractivity contribution in [3.05, 3.63) is 71.7 Å². The molecule has 3 aromatic rings. The minimum Gasteiger partial charge on any atom is -0.379 e. The predicted molar refractivity (Wildman–Crippen MR) is 134 cm³/mol. The van der Waals surface area contributed by atoms with Crippen molar-refractivity contribution in [3.63, 3.8) is 0 Å². The van der Waals surface area contributed by atoms with Crippen LogP contribution in [0.15, 0.2) is 58.8 Å². The number of morpholine rings is 1. The van der Waals surface area contributed by atoms with E-state index in [-0.39, 0.29) is 5.82 Å². The fourth-order valence-corrected chi connectivity index (χ4v) is 3.79. The van der Waals surface area contributed by atoms with Crippen LogP contribution in [0.3, 0.4) is 0 Å². The van der Waals surface area contributed by atoms with Gasteiger partial charge in [-0.25, -0.2) is 24.3 Å². The normalized spacial score (nSPS) is 17.9. The Morgan fingerprint density at radius 2 is 1.92 bits per heavy atom. The second-order valence-electron chi connectivity index (χ2n) is 8.63. The quantitative estimate of drug-likeness (QED) is 0.336. The van der Waals surface area contributed by atoms with Crippen LogP contribution in [-0.2, 0) is 10.9 Å². The van der Waals surface area contributed by atoms with E-state index in [2.05, 4.69) is 40.5 Å². The van der Waals surface area contributed by atoms with Crippen LogP contribution in [0.5, 0.6) is 0 Å². The Morgan fingerprint density at radius 1 is 1.08 bits per heavy atom. The maximum Gasteiger partial charge on any atom is 0.416 e. The van der Waals surface area contributed by atoms with E-state index in [4.69, 9.17) is 4.74 Å². The number of nitrogens with one attached hydrogen (secondary N) is 2. The summed E-state index contributed by atoms with van der Waals surface area (Å²) in [4.78, 5) is 23.3. The average Bonchev–Trinajstić information content (AvgIpc) is 3.69. The van der Waals surface area contributed by atoms with Gasteiger partial charge >= 0.3 is 6.18 Å². The van der Waals surface area contributed by atoms with Crippen LogP contribution < -0.4 is 10.6 Å². The number of rotatable bonds is 8. The first kappa shape index (κ1) is 25.7. The zero-order valence-corrected chi connectivity index (χ0v) is 20.1. The van der Waals surface area contributed by atoms with Crippen molar-refractivity contribution >= 4 is 29.2 Å². The minimum atomic E-state index is -4.42. The lowest BCUT2D eigenvalue weighted by Crippen LogP contribution is -2.39. The van der Waals surface area contributed by atoms with Crippen LogP contribution in [0.25, 0.3) is 0 Å². The number of nitrogens with zero attached hydrogens (tertiary/aromatic N) is 6. The van der Waals surface area contributed by atoms with Gasteiger partial charge in [-0.2, -0.15) is 13.2 Å². The molecule has 1 saturated heterocycles. The van der Waals surface area contributed by atoms with Crippen LogP contribution in [0, 0.1) is 5.82 Å². The third-order valence-electron chi connectivity index (χ3n) is 5.86. The number of pyridine rings is 1. The van der Waals surface area contributed by atoms with Gasteiger partial charge in [-0.1, -0.05) is 6.07 Å². The molecular weight excluding hydrogens is 504 g/mol. The molecule has 0 aliphatic carbocycles. The van der Waals surface area contributed by atoms with E-state index in [0.717, 1.165) is 38.0 Å². The van der Waals surface area contributed by atoms with Crippen molar-refractivity contribution in [1.82, 2.24) is 19.9 Å². The number of ether oxygens (including phenoxy) is 1. The van der Waals surface area contributed by atoms with Gasteiger partial charge in [0.1, 0.15) is 0 Å². The van der Waals surface area contributed by atoms with E-state index in [1.165, 1.54) is 18.5 Å². The van der Waals surface area contributed by atoms with Gasteiger partial charge in [-0.05, 0) is 30.3 Å². The molecule has 0 bridgehead atoms. The van der Waals surface area contributed by atoms with E-state index >= 15 is 0 Å². The van der Waals surface area contributed by atoms with Gasteiger partial charge in [-0.3, -0.25) is 9.88 Å². The summed E-state index contributed by atoms with van der Waals surface area (Å²) in [6, 6.07) is 7.82. The SMILES string of the molecule is Fc1cnc(C2N=C2N=Cc2ccc(Nc3cccc(C(F)(F)F)c3)cn2)nc1NCCN1CCOCC1. The van der Waals surface area contributed by atoms with E-state index < -0.39 is 23.6 Å². The van der Waals surface area contributed by atoms with Crippen molar-refractivity contribution in [1.29, 1.82) is 0 Å². The Hall–Kier alpha value is -3.97. The number of benzene rings is 1. The summed E-state index contributed by atoms with van der Waals surface area (Å²) < 4.78 is 58.2. The number of aromatic nitrogens is 3. The molecule has 1 unspecified atom stereocenters. The molecule has 1 fully saturated rings. The smallest absolute Gasteiger partial charge is 0.379 e. The lowest BCUT2D eigenvalue weighted by molar-refractivity contribution is -0.137. The number of halogens is 4. The highest BCUT2D eigenvalue weighted by molar-refractivity contribution is 6.05. The zero-order valence-electron chi connectivity index (χ0n) is 20.1. The fraction of sp³-hybridized carbons (Fsp3) is 0.320. The maximum absolute atomic E-state index is 14.2. The summed E-state index contributed by atoms with van der Waals surface area (Å²) in [5.41, 5.74) is 0.613. The first-order valence-electron chi connectivity index (χ1n) is 11.9. The summed E-state index contributed by atoms with van der Waals surface area (Å²) in [5, 5.41) is 5.92. The van der Waals surface area contributed by atoms with Crippen LogP contribution >= 0.6 is 0 Å². The van der Waals surface area contributed by atoms with Crippen molar-refractivity contribution in [2.75, 3.05) is 50.0 Å². The molecule has 2 aliphatic heterocycles. The molecule has 38 heavy (non-hydrogen) atoms. The summed E-state index contributed by atoms with van der Waals surface area (Å²) in [6.07, 6.45) is -0.296. The first-order chi connectivity index (χ1) is 18.3. The molecule has 4 heterocycles. The standard InChI is InChI=1S/C25H24F4N8O/c26-20-15-33-24(36-22(20)30-6-7-37-8-10-38-11-9-37)21-23(35-21)32-13-18-4-5-19(14-31-18)34-17-3-1-2-16(12-17)25(27,28)29/h1-5,12-15,21,34H,6-11H2,(H,30,33,36). The molecule has 0 saturated carbocycles. The predicted octanol–water partition coefficient (Wildman–Crippen LogP) is 4.09. The second-order valence-corrected chi connectivity index (χ2v) is 8.63. The Morgan fingerprint density at radius 3 is 2.68 bits per heavy atom. The first-order valence-corrected chi connectivity index (χ1v) is 11.9. The van der Waals surface area contributed by atoms with Crippen molar-refractivity contribution in [3.8, 4) is 0 Å². The number of anilines is 3. The minimum absolute atomic E-state index is 0.124. The lowest BCUT2D eigenvalue weighted by Gasteiger charge is -2.26. The Bertz CT molecular complexity index is 1320. The molecule has 13 heteroatoms. The van der Waals surface area contributed by atoms with Gasteiger partial charge in [-0.15, -0.1) is 0 Å². The number of hydrogen-bond donors (Lipinski definition) is 2. The average molecular weight is 529 g/mol. The topological polar surface area (TPSA) is 99.9 Å². The summed E-state index contributed by atoms with van der Waals surface area (Å²) in [7, 11) is 0. The Labute approximate surface area is 215 Å².